The maximum absolute atomic E-state index is 12.7. The minimum absolute atomic E-state index is 0.130. The third kappa shape index (κ3) is 12.7. The van der Waals surface area contributed by atoms with Crippen LogP contribution in [0.5, 0.6) is 0 Å². The Kier molecular flexibility index (Phi) is 20.6. The molecular formula is C40H70N2O24. The average molecular weight is 963 g/mol. The Balaban J connectivity index is 1.44. The minimum atomic E-state index is -2.09. The van der Waals surface area contributed by atoms with E-state index in [-0.39, 0.29) is 6.61 Å². The molecule has 26 heteroatoms. The number of hydrogen-bond donors (Lipinski definition) is 14. The lowest BCUT2D eigenvalue weighted by molar-refractivity contribution is -0.386. The van der Waals surface area contributed by atoms with Gasteiger partial charge in [-0.15, -0.1) is 0 Å². The Morgan fingerprint density at radius 3 is 1.44 bits per heavy atom. The van der Waals surface area contributed by atoms with E-state index in [1.165, 1.54) is 20.8 Å². The lowest BCUT2D eigenvalue weighted by Crippen LogP contribution is -2.71. The fourth-order valence-electron chi connectivity index (χ4n) is 8.57. The second kappa shape index (κ2) is 24.8. The van der Waals surface area contributed by atoms with E-state index >= 15 is 0 Å². The van der Waals surface area contributed by atoms with Gasteiger partial charge in [0, 0.05) is 20.5 Å². The van der Waals surface area contributed by atoms with Crippen molar-refractivity contribution in [3.63, 3.8) is 0 Å². The number of carbonyl (C=O) groups is 2. The number of aliphatic hydroxyl groups is 12. The summed E-state index contributed by atoms with van der Waals surface area (Å²) in [6.07, 6.45) is -34.9. The standard InChI is InChI=1S/C40H70N2O24/c1-6-7-8-9-10-57-36-22(42-17(5)47)34(65-39-30(55)28(53)24(49)15(3)59-39)33(20(13-45)61-36)64-40-31(56)35(25(50)18(11-43)60-40)66-37-21(41-16(4)46)26(51)32(19(12-44)62-37)63-38-29(54)27(52)23(48)14(2)58-38/h14-15,18-40,43-45,48-56H,6-13H2,1-5H3,(H,41,46)(H,42,47)/t14-,15-,18+,19+,20+,21+,22+,23+,24+,25-,26+,27+,28+,29-,30-,31+,32+,33+,34+,35-,36+,37-,38-,39-,40-/m0/s1. The van der Waals surface area contributed by atoms with Crippen LogP contribution in [0.25, 0.3) is 0 Å². The van der Waals surface area contributed by atoms with Crippen molar-refractivity contribution in [1.29, 1.82) is 0 Å². The molecule has 66 heavy (non-hydrogen) atoms. The molecule has 0 unspecified atom stereocenters. The molecule has 25 atom stereocenters. The molecule has 0 bridgehead atoms. The van der Waals surface area contributed by atoms with Crippen molar-refractivity contribution < 1.29 is 118 Å². The summed E-state index contributed by atoms with van der Waals surface area (Å²) in [5, 5.41) is 135. The number of amides is 2. The maximum Gasteiger partial charge on any atom is 0.217 e. The zero-order valence-corrected chi connectivity index (χ0v) is 37.4. The van der Waals surface area contributed by atoms with Gasteiger partial charge in [-0.05, 0) is 20.3 Å². The van der Waals surface area contributed by atoms with E-state index in [9.17, 15) is 70.9 Å². The van der Waals surface area contributed by atoms with Crippen molar-refractivity contribution >= 4 is 11.8 Å². The minimum Gasteiger partial charge on any atom is -0.394 e. The van der Waals surface area contributed by atoms with Gasteiger partial charge in [0.05, 0.1) is 32.0 Å². The summed E-state index contributed by atoms with van der Waals surface area (Å²) in [5.41, 5.74) is 0. The first-order chi connectivity index (χ1) is 31.3. The fourth-order valence-corrected chi connectivity index (χ4v) is 8.57. The topological polar surface area (TPSA) is 393 Å². The summed E-state index contributed by atoms with van der Waals surface area (Å²) < 4.78 is 59.5. The molecule has 0 radical (unpaired) electrons. The van der Waals surface area contributed by atoms with Gasteiger partial charge in [-0.2, -0.15) is 0 Å². The molecule has 5 saturated heterocycles. The number of unbranched alkanes of at least 4 members (excludes halogenated alkanes) is 3. The Morgan fingerprint density at radius 2 is 0.909 bits per heavy atom. The monoisotopic (exact) mass is 962 g/mol. The second-order valence-corrected chi connectivity index (χ2v) is 17.3. The van der Waals surface area contributed by atoms with Crippen LogP contribution < -0.4 is 10.6 Å². The number of carbonyl (C=O) groups excluding carboxylic acids is 2. The Bertz CT molecular complexity index is 1510. The smallest absolute Gasteiger partial charge is 0.217 e. The van der Waals surface area contributed by atoms with E-state index in [1.807, 2.05) is 6.92 Å². The van der Waals surface area contributed by atoms with Crippen molar-refractivity contribution in [3.05, 3.63) is 0 Å². The first-order valence-corrected chi connectivity index (χ1v) is 22.3. The molecule has 0 aliphatic carbocycles. The van der Waals surface area contributed by atoms with Gasteiger partial charge in [-0.1, -0.05) is 26.2 Å². The predicted octanol–water partition coefficient (Wildman–Crippen LogP) is -6.98. The fraction of sp³-hybridized carbons (Fsp3) is 0.950. The van der Waals surface area contributed by atoms with Crippen LogP contribution in [0.3, 0.4) is 0 Å². The molecule has 0 aromatic rings. The highest BCUT2D eigenvalue weighted by Gasteiger charge is 2.57. The molecule has 5 heterocycles. The van der Waals surface area contributed by atoms with Gasteiger partial charge in [0.1, 0.15) is 110 Å². The molecule has 0 spiro atoms. The summed E-state index contributed by atoms with van der Waals surface area (Å²) in [6, 6.07) is -2.96. The third-order valence-electron chi connectivity index (χ3n) is 12.3. The predicted molar refractivity (Wildman–Crippen MR) is 215 cm³/mol. The van der Waals surface area contributed by atoms with E-state index in [0.29, 0.717) is 6.42 Å². The summed E-state index contributed by atoms with van der Waals surface area (Å²) >= 11 is 0. The first kappa shape index (κ1) is 55.0. The number of aliphatic hydroxyl groups excluding tert-OH is 12. The van der Waals surface area contributed by atoms with Crippen LogP contribution in [0.1, 0.15) is 60.3 Å². The van der Waals surface area contributed by atoms with Crippen molar-refractivity contribution in [2.45, 2.75) is 214 Å². The summed E-state index contributed by atoms with van der Waals surface area (Å²) in [7, 11) is 0. The molecule has 26 nitrogen and oxygen atoms in total. The van der Waals surface area contributed by atoms with Gasteiger partial charge in [0.15, 0.2) is 31.5 Å². The van der Waals surface area contributed by atoms with Crippen LogP contribution in [-0.2, 0) is 57.0 Å². The van der Waals surface area contributed by atoms with Gasteiger partial charge in [-0.3, -0.25) is 9.59 Å². The molecule has 0 aromatic heterocycles. The number of rotatable bonds is 19. The van der Waals surface area contributed by atoms with Crippen LogP contribution in [-0.4, -0.2) is 253 Å². The molecule has 2 amide bonds. The zero-order valence-electron chi connectivity index (χ0n) is 37.4. The lowest BCUT2D eigenvalue weighted by atomic mass is 9.93. The number of ether oxygens (including phenoxy) is 10. The quantitative estimate of drug-likeness (QED) is 0.0535. The molecule has 384 valence electrons. The van der Waals surface area contributed by atoms with Crippen LogP contribution in [0.4, 0.5) is 0 Å². The van der Waals surface area contributed by atoms with Crippen LogP contribution in [0, 0.1) is 0 Å². The molecule has 5 fully saturated rings. The van der Waals surface area contributed by atoms with Gasteiger partial charge in [-0.25, -0.2) is 0 Å². The summed E-state index contributed by atoms with van der Waals surface area (Å²) in [5.74, 6) is -1.37. The van der Waals surface area contributed by atoms with Gasteiger partial charge >= 0.3 is 0 Å². The largest absolute Gasteiger partial charge is 0.394 e. The average Bonchev–Trinajstić information content (AvgIpc) is 3.28. The third-order valence-corrected chi connectivity index (χ3v) is 12.3. The van der Waals surface area contributed by atoms with Crippen LogP contribution in [0.15, 0.2) is 0 Å². The molecular weight excluding hydrogens is 892 g/mol. The molecule has 5 aliphatic rings. The zero-order chi connectivity index (χ0) is 48.7. The number of hydrogen-bond acceptors (Lipinski definition) is 24. The number of nitrogens with one attached hydrogen (secondary N) is 2. The first-order valence-electron chi connectivity index (χ1n) is 22.3. The van der Waals surface area contributed by atoms with Crippen molar-refractivity contribution in [2.24, 2.45) is 0 Å². The highest BCUT2D eigenvalue weighted by molar-refractivity contribution is 5.73. The van der Waals surface area contributed by atoms with Crippen LogP contribution >= 0.6 is 0 Å². The van der Waals surface area contributed by atoms with E-state index in [1.54, 1.807) is 0 Å². The van der Waals surface area contributed by atoms with Crippen molar-refractivity contribution in [2.75, 3.05) is 26.4 Å². The van der Waals surface area contributed by atoms with Crippen LogP contribution in [0.2, 0.25) is 0 Å². The molecule has 14 N–H and O–H groups in total. The highest BCUT2D eigenvalue weighted by atomic mass is 16.8. The highest BCUT2D eigenvalue weighted by Crippen LogP contribution is 2.36. The SMILES string of the molecule is CCCCCCO[C@@H]1O[C@H](CO)[C@@H](O[C@@H]2O[C@H](CO)[C@H](O)[C@H](O[C@@H]3O[C@H](CO)[C@@H](O[C@@H]4O[C@@H](C)[C@@H](O)[C@@H](O)[C@@H]4O)[C@H](O)[C@H]3NC(C)=O)[C@H]2O)[C@H](O[C@@H]2O[C@@H](C)[C@@H](O)[C@@H](O)[C@@H]2O)[C@H]1NC(C)=O. The van der Waals surface area contributed by atoms with E-state index < -0.39 is 185 Å². The lowest BCUT2D eigenvalue weighted by Gasteiger charge is -2.51. The molecule has 5 aliphatic heterocycles. The molecule has 5 rings (SSSR count). The molecule has 0 saturated carbocycles. The molecule has 0 aromatic carbocycles. The van der Waals surface area contributed by atoms with Crippen molar-refractivity contribution in [3.8, 4) is 0 Å². The Labute approximate surface area is 380 Å². The van der Waals surface area contributed by atoms with Gasteiger partial charge in [0.25, 0.3) is 0 Å². The van der Waals surface area contributed by atoms with E-state index in [4.69, 9.17) is 47.4 Å². The summed E-state index contributed by atoms with van der Waals surface area (Å²) in [4.78, 5) is 25.2. The van der Waals surface area contributed by atoms with Gasteiger partial charge in [0.2, 0.25) is 11.8 Å². The second-order valence-electron chi connectivity index (χ2n) is 17.3. The Morgan fingerprint density at radius 1 is 0.455 bits per heavy atom. The maximum atomic E-state index is 12.7. The normalized spacial score (nSPS) is 46.7. The van der Waals surface area contributed by atoms with Gasteiger partial charge < -0.3 is 119 Å². The summed E-state index contributed by atoms with van der Waals surface area (Å²) in [6.45, 7) is 4.54. The van der Waals surface area contributed by atoms with E-state index in [0.717, 1.165) is 26.2 Å². The Hall–Kier alpha value is -1.94. The van der Waals surface area contributed by atoms with E-state index in [2.05, 4.69) is 10.6 Å². The van der Waals surface area contributed by atoms with Crippen molar-refractivity contribution in [1.82, 2.24) is 10.6 Å².